The summed E-state index contributed by atoms with van der Waals surface area (Å²) < 4.78 is 10.5. The number of carboxylic acid groups (broad SMARTS) is 1. The summed E-state index contributed by atoms with van der Waals surface area (Å²) in [5.41, 5.74) is 1.96. The normalized spacial score (nSPS) is 10.1. The Hall–Kier alpha value is -2.80. The molecule has 7 nitrogen and oxygen atoms in total. The van der Waals surface area contributed by atoms with Crippen molar-refractivity contribution in [3.05, 3.63) is 36.4 Å². The molecule has 0 fully saturated rings. The quantitative estimate of drug-likeness (QED) is 0.410. The number of carbonyl (C=O) groups excluding carboxylic acids is 1. The Bertz CT molecular complexity index is 671. The lowest BCUT2D eigenvalue weighted by molar-refractivity contribution is -0.139. The molecule has 0 aliphatic rings. The van der Waals surface area contributed by atoms with Crippen molar-refractivity contribution in [1.82, 2.24) is 5.43 Å². The maximum atomic E-state index is 11.0. The standard InChI is InChI=1S/C14H14N2O5/c15-16-13(17)7-20-10-5-4-9-2-1-3-12(11(9)6-10)21-8-14(18)19/h1-6H,7-8,15H2,(H,16,17)(H,18,19). The Morgan fingerprint density at radius 1 is 1.14 bits per heavy atom. The zero-order valence-electron chi connectivity index (χ0n) is 11.0. The van der Waals surface area contributed by atoms with Gasteiger partial charge in [0.1, 0.15) is 11.5 Å². The third-order valence-corrected chi connectivity index (χ3v) is 2.70. The van der Waals surface area contributed by atoms with Crippen LogP contribution in [-0.2, 0) is 9.59 Å². The summed E-state index contributed by atoms with van der Waals surface area (Å²) in [6.07, 6.45) is 0. The fourth-order valence-corrected chi connectivity index (χ4v) is 1.77. The molecule has 0 aliphatic heterocycles. The minimum Gasteiger partial charge on any atom is -0.484 e. The highest BCUT2D eigenvalue weighted by atomic mass is 16.5. The van der Waals surface area contributed by atoms with Gasteiger partial charge in [-0.2, -0.15) is 0 Å². The lowest BCUT2D eigenvalue weighted by atomic mass is 10.1. The van der Waals surface area contributed by atoms with Gasteiger partial charge in [-0.05, 0) is 23.6 Å². The highest BCUT2D eigenvalue weighted by Gasteiger charge is 2.07. The first-order valence-corrected chi connectivity index (χ1v) is 6.10. The smallest absolute Gasteiger partial charge is 0.341 e. The van der Waals surface area contributed by atoms with E-state index < -0.39 is 18.5 Å². The van der Waals surface area contributed by atoms with Crippen molar-refractivity contribution in [2.45, 2.75) is 0 Å². The van der Waals surface area contributed by atoms with E-state index in [1.54, 1.807) is 30.3 Å². The lowest BCUT2D eigenvalue weighted by Gasteiger charge is -2.10. The number of hydrogen-bond acceptors (Lipinski definition) is 5. The summed E-state index contributed by atoms with van der Waals surface area (Å²) in [7, 11) is 0. The molecule has 0 heterocycles. The molecule has 2 aromatic carbocycles. The predicted octanol–water partition coefficient (Wildman–Crippen LogP) is 0.672. The summed E-state index contributed by atoms with van der Waals surface area (Å²) in [5, 5.41) is 10.2. The Labute approximate surface area is 120 Å². The topological polar surface area (TPSA) is 111 Å². The minimum atomic E-state index is -1.06. The summed E-state index contributed by atoms with van der Waals surface area (Å²) in [5.74, 6) is 4.34. The number of ether oxygens (including phenoxy) is 2. The van der Waals surface area contributed by atoms with Crippen LogP contribution in [0.5, 0.6) is 11.5 Å². The van der Waals surface area contributed by atoms with Gasteiger partial charge in [-0.3, -0.25) is 10.2 Å². The number of hydrazine groups is 1. The van der Waals surface area contributed by atoms with Crippen LogP contribution in [0.4, 0.5) is 0 Å². The number of nitrogens with one attached hydrogen (secondary N) is 1. The summed E-state index contributed by atoms with van der Waals surface area (Å²) in [4.78, 5) is 21.6. The highest BCUT2D eigenvalue weighted by Crippen LogP contribution is 2.29. The molecule has 21 heavy (non-hydrogen) atoms. The molecule has 2 rings (SSSR count). The molecule has 0 spiro atoms. The molecule has 1 amide bonds. The van der Waals surface area contributed by atoms with E-state index in [0.717, 1.165) is 5.39 Å². The van der Waals surface area contributed by atoms with Gasteiger partial charge in [-0.15, -0.1) is 0 Å². The molecule has 2 aromatic rings. The average molecular weight is 290 g/mol. The molecular formula is C14H14N2O5. The molecule has 0 saturated carbocycles. The van der Waals surface area contributed by atoms with Crippen LogP contribution in [-0.4, -0.2) is 30.2 Å². The number of benzene rings is 2. The van der Waals surface area contributed by atoms with Crippen LogP contribution in [0.2, 0.25) is 0 Å². The second kappa shape index (κ2) is 6.58. The van der Waals surface area contributed by atoms with Gasteiger partial charge in [0.15, 0.2) is 13.2 Å². The van der Waals surface area contributed by atoms with Gasteiger partial charge >= 0.3 is 5.97 Å². The van der Waals surface area contributed by atoms with Crippen molar-refractivity contribution in [3.8, 4) is 11.5 Å². The second-order valence-corrected chi connectivity index (χ2v) is 4.18. The number of aliphatic carboxylic acids is 1. The van der Waals surface area contributed by atoms with Gasteiger partial charge in [0, 0.05) is 5.39 Å². The number of nitrogens with two attached hydrogens (primary N) is 1. The molecule has 0 bridgehead atoms. The lowest BCUT2D eigenvalue weighted by Crippen LogP contribution is -2.34. The summed E-state index contributed by atoms with van der Waals surface area (Å²) in [6, 6.07) is 10.5. The second-order valence-electron chi connectivity index (χ2n) is 4.18. The summed E-state index contributed by atoms with van der Waals surface area (Å²) >= 11 is 0. The molecule has 7 heteroatoms. The highest BCUT2D eigenvalue weighted by molar-refractivity contribution is 5.89. The van der Waals surface area contributed by atoms with Gasteiger partial charge in [0.05, 0.1) is 0 Å². The first-order valence-electron chi connectivity index (χ1n) is 6.10. The van der Waals surface area contributed by atoms with E-state index in [9.17, 15) is 9.59 Å². The van der Waals surface area contributed by atoms with Crippen molar-refractivity contribution in [1.29, 1.82) is 0 Å². The van der Waals surface area contributed by atoms with Crippen LogP contribution < -0.4 is 20.7 Å². The number of fused-ring (bicyclic) bond motifs is 1. The molecule has 110 valence electrons. The third kappa shape index (κ3) is 3.83. The molecule has 0 unspecified atom stereocenters. The molecule has 0 saturated heterocycles. The van der Waals surface area contributed by atoms with Gasteiger partial charge in [0.25, 0.3) is 5.91 Å². The SMILES string of the molecule is NNC(=O)COc1ccc2cccc(OCC(=O)O)c2c1. The van der Waals surface area contributed by atoms with E-state index in [-0.39, 0.29) is 6.61 Å². The van der Waals surface area contributed by atoms with Crippen LogP contribution in [0, 0.1) is 0 Å². The van der Waals surface area contributed by atoms with E-state index in [1.807, 2.05) is 11.5 Å². The van der Waals surface area contributed by atoms with Crippen molar-refractivity contribution in [3.63, 3.8) is 0 Å². The maximum Gasteiger partial charge on any atom is 0.341 e. The Kier molecular flexibility index (Phi) is 4.57. The Morgan fingerprint density at radius 2 is 1.95 bits per heavy atom. The molecule has 4 N–H and O–H groups in total. The van der Waals surface area contributed by atoms with E-state index in [1.165, 1.54) is 0 Å². The van der Waals surface area contributed by atoms with Crippen molar-refractivity contribution in [2.24, 2.45) is 5.84 Å². The van der Waals surface area contributed by atoms with Gasteiger partial charge in [-0.1, -0.05) is 18.2 Å². The Morgan fingerprint density at radius 3 is 2.67 bits per heavy atom. The van der Waals surface area contributed by atoms with Crippen molar-refractivity contribution >= 4 is 22.6 Å². The molecule has 0 aliphatic carbocycles. The molecule has 0 atom stereocenters. The predicted molar refractivity (Wildman–Crippen MR) is 74.9 cm³/mol. The van der Waals surface area contributed by atoms with Crippen LogP contribution in [0.25, 0.3) is 10.8 Å². The number of hydrogen-bond donors (Lipinski definition) is 3. The minimum absolute atomic E-state index is 0.208. The van der Waals surface area contributed by atoms with Gasteiger partial charge in [-0.25, -0.2) is 10.6 Å². The van der Waals surface area contributed by atoms with Crippen LogP contribution in [0.15, 0.2) is 36.4 Å². The first kappa shape index (κ1) is 14.6. The van der Waals surface area contributed by atoms with Crippen molar-refractivity contribution < 1.29 is 24.2 Å². The maximum absolute atomic E-state index is 11.0. The number of carboxylic acids is 1. The number of amides is 1. The number of carbonyl (C=O) groups is 2. The third-order valence-electron chi connectivity index (χ3n) is 2.70. The largest absolute Gasteiger partial charge is 0.484 e. The van der Waals surface area contributed by atoms with Crippen LogP contribution in [0.3, 0.4) is 0 Å². The van der Waals surface area contributed by atoms with Gasteiger partial charge in [0.2, 0.25) is 0 Å². The van der Waals surface area contributed by atoms with Gasteiger partial charge < -0.3 is 14.6 Å². The van der Waals surface area contributed by atoms with Crippen LogP contribution >= 0.6 is 0 Å². The monoisotopic (exact) mass is 290 g/mol. The first-order chi connectivity index (χ1) is 10.1. The van der Waals surface area contributed by atoms with Crippen molar-refractivity contribution in [2.75, 3.05) is 13.2 Å². The average Bonchev–Trinajstić information content (AvgIpc) is 2.50. The van der Waals surface area contributed by atoms with E-state index in [0.29, 0.717) is 16.9 Å². The molecule has 0 radical (unpaired) electrons. The fourth-order valence-electron chi connectivity index (χ4n) is 1.77. The van der Waals surface area contributed by atoms with Crippen LogP contribution in [0.1, 0.15) is 0 Å². The van der Waals surface area contributed by atoms with E-state index in [4.69, 9.17) is 20.4 Å². The zero-order chi connectivity index (χ0) is 15.2. The number of rotatable bonds is 6. The zero-order valence-corrected chi connectivity index (χ0v) is 11.0. The molecule has 0 aromatic heterocycles. The Balaban J connectivity index is 2.24. The molecular weight excluding hydrogens is 276 g/mol. The fraction of sp³-hybridized carbons (Fsp3) is 0.143. The summed E-state index contributed by atoms with van der Waals surface area (Å²) in [6.45, 7) is -0.639. The van der Waals surface area contributed by atoms with E-state index >= 15 is 0 Å². The van der Waals surface area contributed by atoms with E-state index in [2.05, 4.69) is 0 Å².